The molecule has 17 heavy (non-hydrogen) atoms. The number of hydrogen-bond acceptors (Lipinski definition) is 4. The molecule has 0 saturated carbocycles. The van der Waals surface area contributed by atoms with Gasteiger partial charge in [-0.2, -0.15) is 4.98 Å². The topological polar surface area (TPSA) is 64.9 Å². The summed E-state index contributed by atoms with van der Waals surface area (Å²) in [5, 5.41) is 3.91. The fraction of sp³-hybridized carbons (Fsp3) is 0.333. The van der Waals surface area contributed by atoms with Crippen LogP contribution in [0.2, 0.25) is 0 Å². The number of nitrogens with zero attached hydrogens (tertiary/aromatic N) is 2. The first-order chi connectivity index (χ1) is 7.88. The molecule has 0 fully saturated rings. The highest BCUT2D eigenvalue weighted by molar-refractivity contribution is 9.10. The molecule has 2 aromatic rings. The van der Waals surface area contributed by atoms with E-state index in [1.807, 2.05) is 39.0 Å². The molecule has 5 heteroatoms. The van der Waals surface area contributed by atoms with E-state index in [2.05, 4.69) is 26.1 Å². The van der Waals surface area contributed by atoms with Gasteiger partial charge in [-0.1, -0.05) is 27.2 Å². The molecule has 0 amide bonds. The second-order valence-corrected chi connectivity index (χ2v) is 5.52. The normalized spacial score (nSPS) is 11.8. The number of halogens is 1. The van der Waals surface area contributed by atoms with Crippen LogP contribution in [-0.4, -0.2) is 10.1 Å². The molecule has 0 saturated heterocycles. The molecule has 1 aromatic carbocycles. The second-order valence-electron chi connectivity index (χ2n) is 4.60. The summed E-state index contributed by atoms with van der Waals surface area (Å²) in [6.45, 7) is 5.68. The van der Waals surface area contributed by atoms with Gasteiger partial charge in [0.2, 0.25) is 0 Å². The van der Waals surface area contributed by atoms with Crippen molar-refractivity contribution in [3.8, 4) is 11.5 Å². The monoisotopic (exact) mass is 295 g/mol. The van der Waals surface area contributed by atoms with E-state index in [4.69, 9.17) is 10.3 Å². The number of aryl methyl sites for hydroxylation is 1. The van der Waals surface area contributed by atoms with Crippen molar-refractivity contribution in [2.24, 2.45) is 5.73 Å². The lowest BCUT2D eigenvalue weighted by Crippen LogP contribution is -2.30. The lowest BCUT2D eigenvalue weighted by atomic mass is 10.1. The van der Waals surface area contributed by atoms with Gasteiger partial charge < -0.3 is 10.3 Å². The average molecular weight is 296 g/mol. The number of aromatic nitrogens is 2. The fourth-order valence-corrected chi connectivity index (χ4v) is 1.78. The van der Waals surface area contributed by atoms with Gasteiger partial charge in [0.1, 0.15) is 0 Å². The van der Waals surface area contributed by atoms with Crippen LogP contribution < -0.4 is 5.73 Å². The quantitative estimate of drug-likeness (QED) is 0.925. The van der Waals surface area contributed by atoms with Gasteiger partial charge in [0.15, 0.2) is 5.82 Å². The largest absolute Gasteiger partial charge is 0.334 e. The van der Waals surface area contributed by atoms with Crippen molar-refractivity contribution in [2.45, 2.75) is 26.3 Å². The van der Waals surface area contributed by atoms with E-state index in [-0.39, 0.29) is 0 Å². The number of rotatable bonds is 2. The second kappa shape index (κ2) is 4.23. The molecular formula is C12H14BrN3O. The lowest BCUT2D eigenvalue weighted by molar-refractivity contribution is 0.397. The highest BCUT2D eigenvalue weighted by Gasteiger charge is 2.22. The molecule has 4 nitrogen and oxygen atoms in total. The van der Waals surface area contributed by atoms with E-state index in [0.29, 0.717) is 11.7 Å². The lowest BCUT2D eigenvalue weighted by Gasteiger charge is -2.11. The molecule has 0 aliphatic heterocycles. The smallest absolute Gasteiger partial charge is 0.258 e. The highest BCUT2D eigenvalue weighted by Crippen LogP contribution is 2.26. The molecule has 0 atom stereocenters. The zero-order valence-electron chi connectivity index (χ0n) is 9.99. The molecule has 0 spiro atoms. The Bertz CT molecular complexity index is 543. The Balaban J connectivity index is 2.47. The minimum Gasteiger partial charge on any atom is -0.334 e. The predicted molar refractivity (Wildman–Crippen MR) is 69.4 cm³/mol. The van der Waals surface area contributed by atoms with E-state index in [9.17, 15) is 0 Å². The summed E-state index contributed by atoms with van der Waals surface area (Å²) < 4.78 is 6.23. The molecule has 90 valence electrons. The summed E-state index contributed by atoms with van der Waals surface area (Å²) in [5.41, 5.74) is 7.33. The summed E-state index contributed by atoms with van der Waals surface area (Å²) in [6, 6.07) is 5.93. The van der Waals surface area contributed by atoms with Crippen LogP contribution in [0, 0.1) is 6.92 Å². The van der Waals surface area contributed by atoms with Gasteiger partial charge >= 0.3 is 0 Å². The Morgan fingerprint density at radius 2 is 2.06 bits per heavy atom. The predicted octanol–water partition coefficient (Wildman–Crippen LogP) is 3.00. The van der Waals surface area contributed by atoms with Crippen molar-refractivity contribution in [3.63, 3.8) is 0 Å². The van der Waals surface area contributed by atoms with Crippen molar-refractivity contribution in [2.75, 3.05) is 0 Å². The van der Waals surface area contributed by atoms with E-state index in [0.717, 1.165) is 15.6 Å². The van der Waals surface area contributed by atoms with Crippen LogP contribution >= 0.6 is 15.9 Å². The molecule has 0 bridgehead atoms. The fourth-order valence-electron chi connectivity index (χ4n) is 1.42. The van der Waals surface area contributed by atoms with Crippen molar-refractivity contribution in [1.82, 2.24) is 10.1 Å². The third-order valence-corrected chi connectivity index (χ3v) is 2.93. The number of hydrogen-bond donors (Lipinski definition) is 1. The number of benzene rings is 1. The molecule has 2 N–H and O–H groups in total. The van der Waals surface area contributed by atoms with Gasteiger partial charge in [0.25, 0.3) is 5.89 Å². The van der Waals surface area contributed by atoms with Crippen LogP contribution in [-0.2, 0) is 5.54 Å². The van der Waals surface area contributed by atoms with Crippen molar-refractivity contribution >= 4 is 15.9 Å². The Labute approximate surface area is 108 Å². The van der Waals surface area contributed by atoms with E-state index in [1.165, 1.54) is 0 Å². The molecule has 0 aliphatic carbocycles. The minimum absolute atomic E-state index is 0.498. The van der Waals surface area contributed by atoms with Gasteiger partial charge in [-0.3, -0.25) is 0 Å². The third-order valence-electron chi connectivity index (χ3n) is 2.43. The highest BCUT2D eigenvalue weighted by atomic mass is 79.9. The van der Waals surface area contributed by atoms with Gasteiger partial charge in [-0.05, 0) is 38.5 Å². The maximum atomic E-state index is 5.92. The Hall–Kier alpha value is -1.20. The molecule has 0 unspecified atom stereocenters. The van der Waals surface area contributed by atoms with Crippen LogP contribution in [0.1, 0.15) is 25.2 Å². The van der Waals surface area contributed by atoms with Crippen LogP contribution in [0.25, 0.3) is 11.5 Å². The zero-order chi connectivity index (χ0) is 12.6. The van der Waals surface area contributed by atoms with Gasteiger partial charge in [-0.25, -0.2) is 0 Å². The summed E-state index contributed by atoms with van der Waals surface area (Å²) in [7, 11) is 0. The Morgan fingerprint density at radius 3 is 2.65 bits per heavy atom. The molecule has 0 radical (unpaired) electrons. The first kappa shape index (κ1) is 12.3. The number of nitrogens with two attached hydrogens (primary N) is 1. The summed E-state index contributed by atoms with van der Waals surface area (Å²) in [6.07, 6.45) is 0. The first-order valence-corrected chi connectivity index (χ1v) is 6.07. The Kier molecular flexibility index (Phi) is 3.05. The molecule has 0 aliphatic rings. The van der Waals surface area contributed by atoms with Crippen LogP contribution in [0.4, 0.5) is 0 Å². The van der Waals surface area contributed by atoms with Gasteiger partial charge in [-0.15, -0.1) is 0 Å². The van der Waals surface area contributed by atoms with Crippen molar-refractivity contribution in [3.05, 3.63) is 34.1 Å². The molecule has 2 rings (SSSR count). The van der Waals surface area contributed by atoms with Crippen molar-refractivity contribution < 1.29 is 4.52 Å². The van der Waals surface area contributed by atoms with Crippen LogP contribution in [0.5, 0.6) is 0 Å². The molecule has 1 aromatic heterocycles. The Morgan fingerprint density at radius 1 is 1.35 bits per heavy atom. The van der Waals surface area contributed by atoms with E-state index in [1.54, 1.807) is 0 Å². The zero-order valence-corrected chi connectivity index (χ0v) is 11.6. The van der Waals surface area contributed by atoms with Crippen LogP contribution in [0.15, 0.2) is 27.2 Å². The minimum atomic E-state index is -0.596. The standard InChI is InChI=1S/C12H14BrN3O/c1-7-4-5-8(13)6-9(7)10-15-11(16-17-10)12(2,3)14/h4-6H,14H2,1-3H3. The summed E-state index contributed by atoms with van der Waals surface area (Å²) in [4.78, 5) is 4.33. The maximum absolute atomic E-state index is 5.92. The van der Waals surface area contributed by atoms with E-state index >= 15 is 0 Å². The third kappa shape index (κ3) is 2.56. The van der Waals surface area contributed by atoms with E-state index < -0.39 is 5.54 Å². The molecule has 1 heterocycles. The SMILES string of the molecule is Cc1ccc(Br)cc1-c1nc(C(C)(C)N)no1. The van der Waals surface area contributed by atoms with Crippen molar-refractivity contribution in [1.29, 1.82) is 0 Å². The summed E-state index contributed by atoms with van der Waals surface area (Å²) >= 11 is 3.43. The molecular weight excluding hydrogens is 282 g/mol. The van der Waals surface area contributed by atoms with Gasteiger partial charge in [0.05, 0.1) is 5.54 Å². The maximum Gasteiger partial charge on any atom is 0.258 e. The summed E-state index contributed by atoms with van der Waals surface area (Å²) in [5.74, 6) is 1.00. The average Bonchev–Trinajstić information content (AvgIpc) is 2.70. The van der Waals surface area contributed by atoms with Gasteiger partial charge in [0, 0.05) is 10.0 Å². The van der Waals surface area contributed by atoms with Crippen LogP contribution in [0.3, 0.4) is 0 Å². The first-order valence-electron chi connectivity index (χ1n) is 5.27.